The predicted octanol–water partition coefficient (Wildman–Crippen LogP) is 4.37. The number of esters is 1. The van der Waals surface area contributed by atoms with Gasteiger partial charge in [-0.1, -0.05) is 35.4 Å². The summed E-state index contributed by atoms with van der Waals surface area (Å²) in [5.41, 5.74) is 1.38. The minimum atomic E-state index is -0.532. The largest absolute Gasteiger partial charge is 0.456 e. The van der Waals surface area contributed by atoms with E-state index in [0.29, 0.717) is 23.6 Å². The Bertz CT molecular complexity index is 946. The van der Waals surface area contributed by atoms with Crippen LogP contribution in [0.3, 0.4) is 0 Å². The Hall–Kier alpha value is -3.22. The number of carbonyl (C=O) groups is 1. The van der Waals surface area contributed by atoms with E-state index in [0.717, 1.165) is 5.56 Å². The lowest BCUT2D eigenvalue weighted by molar-refractivity contribution is 0.00695. The van der Waals surface area contributed by atoms with Crippen LogP contribution in [-0.2, 0) is 17.7 Å². The molecule has 6 nitrogen and oxygen atoms in total. The molecule has 0 amide bonds. The number of rotatable bonds is 6. The number of hydrogen-bond acceptors (Lipinski definition) is 6. The van der Waals surface area contributed by atoms with Crippen molar-refractivity contribution < 1.29 is 18.3 Å². The summed E-state index contributed by atoms with van der Waals surface area (Å²) in [6.07, 6.45) is 0.228. The number of ether oxygens (including phenoxy) is 1. The zero-order valence-corrected chi connectivity index (χ0v) is 16.0. The Morgan fingerprint density at radius 3 is 2.50 bits per heavy atom. The van der Waals surface area contributed by atoms with Crippen LogP contribution in [-0.4, -0.2) is 21.8 Å². The number of nitrogens with one attached hydrogen (secondary N) is 1. The first-order valence-corrected chi connectivity index (χ1v) is 8.92. The van der Waals surface area contributed by atoms with Gasteiger partial charge in [0.15, 0.2) is 0 Å². The fourth-order valence-corrected chi connectivity index (χ4v) is 2.47. The van der Waals surface area contributed by atoms with Crippen molar-refractivity contribution in [1.82, 2.24) is 10.2 Å². The second-order valence-corrected chi connectivity index (χ2v) is 7.32. The van der Waals surface area contributed by atoms with Crippen molar-refractivity contribution in [2.75, 3.05) is 5.32 Å². The van der Waals surface area contributed by atoms with Crippen LogP contribution in [0.1, 0.15) is 48.1 Å². The molecular formula is C21H22FN3O3. The number of anilines is 1. The normalized spacial score (nSPS) is 11.3. The van der Waals surface area contributed by atoms with Gasteiger partial charge in [0, 0.05) is 6.54 Å². The van der Waals surface area contributed by atoms with Gasteiger partial charge >= 0.3 is 12.0 Å². The standard InChI is InChI=1S/C21H22FN3O3/c1-21(2,3)28-19(26)15-10-8-14(9-11-15)13-23-20-25-24-18(27-20)12-16-6-4-5-7-17(16)22/h4-11H,12-13H2,1-3H3,(H,23,25). The molecule has 0 aliphatic heterocycles. The van der Waals surface area contributed by atoms with E-state index < -0.39 is 5.60 Å². The Kier molecular flexibility index (Phi) is 5.73. The summed E-state index contributed by atoms with van der Waals surface area (Å²) in [5, 5.41) is 10.9. The maximum atomic E-state index is 13.7. The van der Waals surface area contributed by atoms with Crippen molar-refractivity contribution in [3.63, 3.8) is 0 Å². The molecule has 28 heavy (non-hydrogen) atoms. The summed E-state index contributed by atoms with van der Waals surface area (Å²) in [6.45, 7) is 5.92. The van der Waals surface area contributed by atoms with Gasteiger partial charge < -0.3 is 14.5 Å². The first kappa shape index (κ1) is 19.5. The van der Waals surface area contributed by atoms with Crippen molar-refractivity contribution in [3.8, 4) is 0 Å². The van der Waals surface area contributed by atoms with E-state index in [-0.39, 0.29) is 24.2 Å². The number of nitrogens with zero attached hydrogens (tertiary/aromatic N) is 2. The highest BCUT2D eigenvalue weighted by atomic mass is 19.1. The van der Waals surface area contributed by atoms with Crippen LogP contribution >= 0.6 is 0 Å². The molecule has 0 aliphatic rings. The lowest BCUT2D eigenvalue weighted by Crippen LogP contribution is -2.23. The highest BCUT2D eigenvalue weighted by Gasteiger charge is 2.17. The molecular weight excluding hydrogens is 361 g/mol. The van der Waals surface area contributed by atoms with Gasteiger partial charge in [-0.2, -0.15) is 0 Å². The SMILES string of the molecule is CC(C)(C)OC(=O)c1ccc(CNc2nnc(Cc3ccccc3F)o2)cc1. The average Bonchev–Trinajstić information content (AvgIpc) is 3.08. The molecule has 1 aromatic heterocycles. The Labute approximate surface area is 162 Å². The summed E-state index contributed by atoms with van der Waals surface area (Å²) < 4.78 is 24.5. The van der Waals surface area contributed by atoms with E-state index in [1.54, 1.807) is 30.3 Å². The van der Waals surface area contributed by atoms with Gasteiger partial charge in [0.2, 0.25) is 5.89 Å². The van der Waals surface area contributed by atoms with Crippen LogP contribution in [0.4, 0.5) is 10.4 Å². The van der Waals surface area contributed by atoms with Crippen molar-refractivity contribution in [1.29, 1.82) is 0 Å². The highest BCUT2D eigenvalue weighted by Crippen LogP contribution is 2.16. The summed E-state index contributed by atoms with van der Waals surface area (Å²) in [5.74, 6) is -0.338. The molecule has 0 radical (unpaired) electrons. The molecule has 3 aromatic rings. The van der Waals surface area contributed by atoms with Crippen LogP contribution in [0.2, 0.25) is 0 Å². The molecule has 0 unspecified atom stereocenters. The smallest absolute Gasteiger partial charge is 0.338 e. The first-order valence-electron chi connectivity index (χ1n) is 8.92. The third kappa shape index (κ3) is 5.39. The minimum Gasteiger partial charge on any atom is -0.456 e. The molecule has 0 atom stereocenters. The molecule has 0 saturated carbocycles. The molecule has 1 heterocycles. The molecule has 2 aromatic carbocycles. The summed E-state index contributed by atoms with van der Waals surface area (Å²) in [4.78, 5) is 12.0. The predicted molar refractivity (Wildman–Crippen MR) is 102 cm³/mol. The van der Waals surface area contributed by atoms with Crippen molar-refractivity contribution in [3.05, 3.63) is 76.9 Å². The molecule has 7 heteroatoms. The van der Waals surface area contributed by atoms with Gasteiger partial charge in [0.05, 0.1) is 12.0 Å². The van der Waals surface area contributed by atoms with Crippen LogP contribution in [0.25, 0.3) is 0 Å². The molecule has 1 N–H and O–H groups in total. The fourth-order valence-electron chi connectivity index (χ4n) is 2.47. The maximum Gasteiger partial charge on any atom is 0.338 e. The van der Waals surface area contributed by atoms with Crippen molar-refractivity contribution in [2.45, 2.75) is 39.3 Å². The monoisotopic (exact) mass is 383 g/mol. The number of halogens is 1. The van der Waals surface area contributed by atoms with E-state index in [9.17, 15) is 9.18 Å². The Balaban J connectivity index is 1.55. The zero-order chi connectivity index (χ0) is 20.1. The molecule has 0 spiro atoms. The van der Waals surface area contributed by atoms with E-state index >= 15 is 0 Å². The maximum absolute atomic E-state index is 13.7. The van der Waals surface area contributed by atoms with Gasteiger partial charge in [-0.05, 0) is 50.1 Å². The second kappa shape index (κ2) is 8.21. The summed E-state index contributed by atoms with van der Waals surface area (Å²) in [6, 6.07) is 13.8. The Morgan fingerprint density at radius 1 is 1.11 bits per heavy atom. The van der Waals surface area contributed by atoms with Crippen LogP contribution in [0, 0.1) is 5.82 Å². The summed E-state index contributed by atoms with van der Waals surface area (Å²) >= 11 is 0. The topological polar surface area (TPSA) is 77.2 Å². The third-order valence-corrected chi connectivity index (χ3v) is 3.80. The third-order valence-electron chi connectivity index (χ3n) is 3.80. The van der Waals surface area contributed by atoms with Gasteiger partial charge in [0.1, 0.15) is 11.4 Å². The van der Waals surface area contributed by atoms with E-state index in [1.165, 1.54) is 6.07 Å². The van der Waals surface area contributed by atoms with Crippen LogP contribution in [0.15, 0.2) is 52.9 Å². The Morgan fingerprint density at radius 2 is 1.82 bits per heavy atom. The van der Waals surface area contributed by atoms with E-state index in [4.69, 9.17) is 9.15 Å². The van der Waals surface area contributed by atoms with Gasteiger partial charge in [0.25, 0.3) is 0 Å². The number of hydrogen-bond donors (Lipinski definition) is 1. The van der Waals surface area contributed by atoms with E-state index in [2.05, 4.69) is 15.5 Å². The van der Waals surface area contributed by atoms with Crippen molar-refractivity contribution >= 4 is 12.0 Å². The lowest BCUT2D eigenvalue weighted by atomic mass is 10.1. The molecule has 3 rings (SSSR count). The lowest BCUT2D eigenvalue weighted by Gasteiger charge is -2.19. The van der Waals surface area contributed by atoms with Gasteiger partial charge in [-0.25, -0.2) is 9.18 Å². The van der Waals surface area contributed by atoms with Crippen LogP contribution < -0.4 is 5.32 Å². The number of aromatic nitrogens is 2. The molecule has 0 saturated heterocycles. The number of carbonyl (C=O) groups excluding carboxylic acids is 1. The van der Waals surface area contributed by atoms with Crippen LogP contribution in [0.5, 0.6) is 0 Å². The fraction of sp³-hybridized carbons (Fsp3) is 0.286. The molecule has 0 fully saturated rings. The van der Waals surface area contributed by atoms with Crippen molar-refractivity contribution in [2.24, 2.45) is 0 Å². The molecule has 0 bridgehead atoms. The van der Waals surface area contributed by atoms with Gasteiger partial charge in [-0.15, -0.1) is 5.10 Å². The van der Waals surface area contributed by atoms with Gasteiger partial charge in [-0.3, -0.25) is 0 Å². The van der Waals surface area contributed by atoms with E-state index in [1.807, 2.05) is 32.9 Å². The molecule has 0 aliphatic carbocycles. The summed E-state index contributed by atoms with van der Waals surface area (Å²) in [7, 11) is 0. The number of benzene rings is 2. The average molecular weight is 383 g/mol. The first-order chi connectivity index (χ1) is 13.3. The quantitative estimate of drug-likeness (QED) is 0.637. The molecule has 146 valence electrons. The highest BCUT2D eigenvalue weighted by molar-refractivity contribution is 5.89. The zero-order valence-electron chi connectivity index (χ0n) is 16.0. The minimum absolute atomic E-state index is 0.228. The second-order valence-electron chi connectivity index (χ2n) is 7.32.